The molecule has 0 unspecified atom stereocenters. The third kappa shape index (κ3) is 2.51. The zero-order valence-corrected chi connectivity index (χ0v) is 9.15. The Labute approximate surface area is 101 Å². The Hall–Kier alpha value is -2.70. The van der Waals surface area contributed by atoms with E-state index in [9.17, 15) is 9.59 Å². The Morgan fingerprint density at radius 1 is 1.11 bits per heavy atom. The summed E-state index contributed by atoms with van der Waals surface area (Å²) in [7, 11) is 0. The topological polar surface area (TPSA) is 105 Å². The molecule has 7 heteroatoms. The predicted octanol–water partition coefficient (Wildman–Crippen LogP) is 0.723. The van der Waals surface area contributed by atoms with Crippen LogP contribution in [0, 0.1) is 0 Å². The molecule has 0 spiro atoms. The minimum atomic E-state index is -1.14. The number of aromatic carboxylic acids is 2. The van der Waals surface area contributed by atoms with Crippen molar-refractivity contribution >= 4 is 11.9 Å². The van der Waals surface area contributed by atoms with Crippen LogP contribution >= 0.6 is 0 Å². The number of carbonyl (C=O) groups is 2. The van der Waals surface area contributed by atoms with Crippen LogP contribution in [-0.4, -0.2) is 37.1 Å². The van der Waals surface area contributed by atoms with Crippen molar-refractivity contribution in [3.63, 3.8) is 0 Å². The molecule has 92 valence electrons. The van der Waals surface area contributed by atoms with E-state index in [4.69, 9.17) is 10.2 Å². The third-order valence-electron chi connectivity index (χ3n) is 2.30. The summed E-state index contributed by atoms with van der Waals surface area (Å²) in [5.74, 6) is -2.13. The van der Waals surface area contributed by atoms with Gasteiger partial charge in [0.15, 0.2) is 5.69 Å². The molecule has 2 N–H and O–H groups in total. The summed E-state index contributed by atoms with van der Waals surface area (Å²) in [5.41, 5.74) is 0.877. The highest BCUT2D eigenvalue weighted by atomic mass is 16.4. The number of aromatic nitrogens is 3. The van der Waals surface area contributed by atoms with Gasteiger partial charge in [-0.05, 0) is 17.7 Å². The molecular formula is C11H9N3O4. The van der Waals surface area contributed by atoms with Crippen molar-refractivity contribution in [1.82, 2.24) is 15.0 Å². The van der Waals surface area contributed by atoms with E-state index in [-0.39, 0.29) is 11.3 Å². The van der Waals surface area contributed by atoms with Crippen molar-refractivity contribution < 1.29 is 19.8 Å². The monoisotopic (exact) mass is 247 g/mol. The van der Waals surface area contributed by atoms with Crippen LogP contribution in [-0.2, 0) is 6.54 Å². The highest BCUT2D eigenvalue weighted by molar-refractivity contribution is 5.87. The smallest absolute Gasteiger partial charge is 0.358 e. The van der Waals surface area contributed by atoms with Crippen molar-refractivity contribution in [2.45, 2.75) is 6.54 Å². The zero-order chi connectivity index (χ0) is 13.1. The molecule has 7 nitrogen and oxygen atoms in total. The van der Waals surface area contributed by atoms with Crippen LogP contribution in [0.1, 0.15) is 26.4 Å². The van der Waals surface area contributed by atoms with Gasteiger partial charge in [-0.15, -0.1) is 5.10 Å². The van der Waals surface area contributed by atoms with Crippen molar-refractivity contribution in [3.05, 3.63) is 47.3 Å². The van der Waals surface area contributed by atoms with E-state index >= 15 is 0 Å². The molecule has 18 heavy (non-hydrogen) atoms. The van der Waals surface area contributed by atoms with Crippen molar-refractivity contribution in [2.24, 2.45) is 0 Å². The number of hydrogen-bond acceptors (Lipinski definition) is 4. The molecule has 0 saturated carbocycles. The van der Waals surface area contributed by atoms with Gasteiger partial charge in [-0.2, -0.15) is 0 Å². The zero-order valence-electron chi connectivity index (χ0n) is 9.15. The second-order valence-corrected chi connectivity index (χ2v) is 3.61. The van der Waals surface area contributed by atoms with Gasteiger partial charge in [-0.25, -0.2) is 14.3 Å². The maximum absolute atomic E-state index is 10.7. The molecule has 0 atom stereocenters. The average Bonchev–Trinajstić information content (AvgIpc) is 2.78. The first-order valence-electron chi connectivity index (χ1n) is 5.02. The van der Waals surface area contributed by atoms with E-state index in [0.29, 0.717) is 6.54 Å². The molecule has 0 amide bonds. The number of carboxylic acids is 2. The molecule has 1 aromatic heterocycles. The number of hydrogen-bond donors (Lipinski definition) is 2. The summed E-state index contributed by atoms with van der Waals surface area (Å²) >= 11 is 0. The minimum Gasteiger partial charge on any atom is -0.478 e. The first kappa shape index (κ1) is 11.8. The van der Waals surface area contributed by atoms with E-state index in [1.54, 1.807) is 12.1 Å². The van der Waals surface area contributed by atoms with Crippen LogP contribution < -0.4 is 0 Å². The Bertz CT molecular complexity index is 589. The lowest BCUT2D eigenvalue weighted by Crippen LogP contribution is -2.02. The molecule has 1 aromatic carbocycles. The summed E-state index contributed by atoms with van der Waals surface area (Å²) in [6, 6.07) is 6.25. The highest BCUT2D eigenvalue weighted by Crippen LogP contribution is 2.06. The first-order valence-corrected chi connectivity index (χ1v) is 5.02. The fraction of sp³-hybridized carbons (Fsp3) is 0.0909. The van der Waals surface area contributed by atoms with Gasteiger partial charge in [0.2, 0.25) is 0 Å². The largest absolute Gasteiger partial charge is 0.478 e. The highest BCUT2D eigenvalue weighted by Gasteiger charge is 2.08. The SMILES string of the molecule is O=C(O)c1ccc(Cn2cc(C(=O)O)nn2)cc1. The van der Waals surface area contributed by atoms with E-state index in [0.717, 1.165) is 5.56 Å². The van der Waals surface area contributed by atoms with Crippen molar-refractivity contribution in [2.75, 3.05) is 0 Å². The van der Waals surface area contributed by atoms with Crippen LogP contribution in [0.2, 0.25) is 0 Å². The number of nitrogens with zero attached hydrogens (tertiary/aromatic N) is 3. The van der Waals surface area contributed by atoms with Crippen LogP contribution in [0.3, 0.4) is 0 Å². The molecule has 1 heterocycles. The summed E-state index contributed by atoms with van der Waals surface area (Å²) < 4.78 is 1.37. The molecule has 0 aliphatic rings. The number of carboxylic acid groups (broad SMARTS) is 2. The molecule has 0 radical (unpaired) electrons. The second-order valence-electron chi connectivity index (χ2n) is 3.61. The predicted molar refractivity (Wildman–Crippen MR) is 59.5 cm³/mol. The minimum absolute atomic E-state index is 0.128. The summed E-state index contributed by atoms with van der Waals surface area (Å²) in [4.78, 5) is 21.3. The Balaban J connectivity index is 2.13. The van der Waals surface area contributed by atoms with Gasteiger partial charge in [0.05, 0.1) is 18.3 Å². The number of benzene rings is 1. The first-order chi connectivity index (χ1) is 8.56. The molecule has 2 aromatic rings. The van der Waals surface area contributed by atoms with Gasteiger partial charge in [-0.1, -0.05) is 17.3 Å². The third-order valence-corrected chi connectivity index (χ3v) is 2.30. The lowest BCUT2D eigenvalue weighted by atomic mass is 10.1. The van der Waals surface area contributed by atoms with E-state index in [2.05, 4.69) is 10.3 Å². The molecule has 0 bridgehead atoms. The fourth-order valence-electron chi connectivity index (χ4n) is 1.41. The lowest BCUT2D eigenvalue weighted by Gasteiger charge is -2.01. The second kappa shape index (κ2) is 4.66. The molecule has 0 aliphatic heterocycles. The standard InChI is InChI=1S/C11H9N3O4/c15-10(16)8-3-1-7(2-4-8)5-14-6-9(11(17)18)12-13-14/h1-4,6H,5H2,(H,15,16)(H,17,18). The van der Waals surface area contributed by atoms with E-state index in [1.807, 2.05) is 0 Å². The van der Waals surface area contributed by atoms with Gasteiger partial charge in [0.1, 0.15) is 0 Å². The summed E-state index contributed by atoms with van der Waals surface area (Å²) in [6.45, 7) is 0.334. The molecular weight excluding hydrogens is 238 g/mol. The Morgan fingerprint density at radius 2 is 1.78 bits per heavy atom. The maximum atomic E-state index is 10.7. The molecule has 2 rings (SSSR count). The maximum Gasteiger partial charge on any atom is 0.358 e. The van der Waals surface area contributed by atoms with Gasteiger partial charge < -0.3 is 10.2 Å². The van der Waals surface area contributed by atoms with Crippen LogP contribution in [0.5, 0.6) is 0 Å². The van der Waals surface area contributed by atoms with Crippen molar-refractivity contribution in [1.29, 1.82) is 0 Å². The lowest BCUT2D eigenvalue weighted by molar-refractivity contribution is 0.0682. The van der Waals surface area contributed by atoms with Gasteiger partial charge in [-0.3, -0.25) is 0 Å². The van der Waals surface area contributed by atoms with Gasteiger partial charge >= 0.3 is 11.9 Å². The molecule has 0 fully saturated rings. The van der Waals surface area contributed by atoms with Gasteiger partial charge in [0.25, 0.3) is 0 Å². The van der Waals surface area contributed by atoms with Gasteiger partial charge in [0, 0.05) is 0 Å². The van der Waals surface area contributed by atoms with E-state index in [1.165, 1.54) is 23.0 Å². The average molecular weight is 247 g/mol. The quantitative estimate of drug-likeness (QED) is 0.824. The van der Waals surface area contributed by atoms with Crippen LogP contribution in [0.15, 0.2) is 30.5 Å². The van der Waals surface area contributed by atoms with Crippen LogP contribution in [0.25, 0.3) is 0 Å². The Kier molecular flexibility index (Phi) is 3.05. The normalized spacial score (nSPS) is 10.2. The summed E-state index contributed by atoms with van der Waals surface area (Å²) in [5, 5.41) is 24.6. The van der Waals surface area contributed by atoms with Crippen LogP contribution in [0.4, 0.5) is 0 Å². The number of rotatable bonds is 4. The van der Waals surface area contributed by atoms with Crippen molar-refractivity contribution in [3.8, 4) is 0 Å². The fourth-order valence-corrected chi connectivity index (χ4v) is 1.41. The molecule has 0 aliphatic carbocycles. The Morgan fingerprint density at radius 3 is 2.28 bits per heavy atom. The summed E-state index contributed by atoms with van der Waals surface area (Å²) in [6.07, 6.45) is 1.31. The van der Waals surface area contributed by atoms with E-state index < -0.39 is 11.9 Å². The molecule has 0 saturated heterocycles.